The first-order valence-corrected chi connectivity index (χ1v) is 8.33. The van der Waals surface area contributed by atoms with E-state index >= 15 is 0 Å². The maximum atomic E-state index is 5.49. The first-order valence-electron chi connectivity index (χ1n) is 8.33. The van der Waals surface area contributed by atoms with Crippen LogP contribution in [0, 0.1) is 0 Å². The molecule has 20 heavy (non-hydrogen) atoms. The molecule has 0 heterocycles. The predicted molar refractivity (Wildman–Crippen MR) is 90.0 cm³/mol. The summed E-state index contributed by atoms with van der Waals surface area (Å²) in [5.74, 6) is 11.0. The smallest absolute Gasteiger partial charge is 0.0832 e. The number of hydrogen-bond acceptors (Lipinski definition) is 4. The Kier molecular flexibility index (Phi) is 13.6. The van der Waals surface area contributed by atoms with Crippen LogP contribution in [-0.4, -0.2) is 11.4 Å². The van der Waals surface area contributed by atoms with Gasteiger partial charge in [0.05, 0.1) is 11.4 Å². The minimum atomic E-state index is 0.902. The molecule has 0 atom stereocenters. The lowest BCUT2D eigenvalue weighted by Crippen LogP contribution is -2.18. The van der Waals surface area contributed by atoms with Crippen molar-refractivity contribution in [3.8, 4) is 0 Å². The van der Waals surface area contributed by atoms with Crippen molar-refractivity contribution in [3.05, 3.63) is 0 Å². The van der Waals surface area contributed by atoms with Gasteiger partial charge in [0, 0.05) is 0 Å². The second kappa shape index (κ2) is 14.4. The maximum Gasteiger partial charge on any atom is 0.0832 e. The fourth-order valence-corrected chi connectivity index (χ4v) is 2.36. The van der Waals surface area contributed by atoms with E-state index in [9.17, 15) is 0 Å². The van der Waals surface area contributed by atoms with E-state index in [0.29, 0.717) is 0 Å². The van der Waals surface area contributed by atoms with Crippen molar-refractivity contribution in [2.75, 3.05) is 0 Å². The van der Waals surface area contributed by atoms with Gasteiger partial charge in [0.1, 0.15) is 0 Å². The van der Waals surface area contributed by atoms with E-state index in [2.05, 4.69) is 24.1 Å². The molecule has 0 bridgehead atoms. The van der Waals surface area contributed by atoms with Crippen LogP contribution in [-0.2, 0) is 0 Å². The SMILES string of the molecule is CCCCCCCC(=N/N)/C(CCCCCCC)=N/N. The summed E-state index contributed by atoms with van der Waals surface area (Å²) in [7, 11) is 0. The number of nitrogens with zero attached hydrogens (tertiary/aromatic N) is 2. The van der Waals surface area contributed by atoms with E-state index in [1.807, 2.05) is 0 Å². The number of nitrogens with two attached hydrogens (primary N) is 2. The van der Waals surface area contributed by atoms with Crippen LogP contribution in [0.25, 0.3) is 0 Å². The molecule has 0 radical (unpaired) electrons. The van der Waals surface area contributed by atoms with Crippen LogP contribution in [0.5, 0.6) is 0 Å². The highest BCUT2D eigenvalue weighted by Gasteiger charge is 2.09. The summed E-state index contributed by atoms with van der Waals surface area (Å²) < 4.78 is 0. The zero-order valence-electron chi connectivity index (χ0n) is 13.5. The highest BCUT2D eigenvalue weighted by atomic mass is 15.2. The Hall–Kier alpha value is -1.06. The van der Waals surface area contributed by atoms with E-state index in [0.717, 1.165) is 37.1 Å². The molecular formula is C16H34N4. The van der Waals surface area contributed by atoms with Crippen molar-refractivity contribution in [2.24, 2.45) is 21.9 Å². The highest BCUT2D eigenvalue weighted by molar-refractivity contribution is 6.42. The molecule has 4 heteroatoms. The van der Waals surface area contributed by atoms with Crippen molar-refractivity contribution in [2.45, 2.75) is 90.9 Å². The molecule has 4 N–H and O–H groups in total. The normalized spacial score (nSPS) is 12.9. The summed E-state index contributed by atoms with van der Waals surface area (Å²) in [6.45, 7) is 4.45. The first-order chi connectivity index (χ1) is 9.79. The van der Waals surface area contributed by atoms with Crippen LogP contribution in [0.4, 0.5) is 0 Å². The monoisotopic (exact) mass is 282 g/mol. The van der Waals surface area contributed by atoms with Crippen LogP contribution < -0.4 is 11.7 Å². The molecule has 0 unspecified atom stereocenters. The second-order valence-electron chi connectivity index (χ2n) is 5.48. The van der Waals surface area contributed by atoms with Crippen molar-refractivity contribution in [1.29, 1.82) is 0 Å². The van der Waals surface area contributed by atoms with Crippen LogP contribution in [0.3, 0.4) is 0 Å². The molecule has 0 aliphatic carbocycles. The minimum absolute atomic E-state index is 0.902. The summed E-state index contributed by atoms with van der Waals surface area (Å²) in [5, 5.41) is 7.80. The Bertz CT molecular complexity index is 244. The fraction of sp³-hybridized carbons (Fsp3) is 0.875. The number of unbranched alkanes of at least 4 members (excludes halogenated alkanes) is 8. The van der Waals surface area contributed by atoms with E-state index in [-0.39, 0.29) is 0 Å². The lowest BCUT2D eigenvalue weighted by Gasteiger charge is -2.08. The van der Waals surface area contributed by atoms with Crippen molar-refractivity contribution in [3.63, 3.8) is 0 Å². The van der Waals surface area contributed by atoms with Gasteiger partial charge in [-0.15, -0.1) is 0 Å². The quantitative estimate of drug-likeness (QED) is 0.228. The molecule has 0 saturated heterocycles. The van der Waals surface area contributed by atoms with Gasteiger partial charge in [-0.1, -0.05) is 65.2 Å². The molecule has 0 fully saturated rings. The highest BCUT2D eigenvalue weighted by Crippen LogP contribution is 2.10. The summed E-state index contributed by atoms with van der Waals surface area (Å²) in [6, 6.07) is 0. The average molecular weight is 282 g/mol. The van der Waals surface area contributed by atoms with Gasteiger partial charge >= 0.3 is 0 Å². The van der Waals surface area contributed by atoms with E-state index in [1.165, 1.54) is 51.4 Å². The second-order valence-corrected chi connectivity index (χ2v) is 5.48. The Labute approximate surface area is 125 Å². The molecule has 0 aliphatic heterocycles. The lowest BCUT2D eigenvalue weighted by molar-refractivity contribution is 0.640. The van der Waals surface area contributed by atoms with Gasteiger partial charge in [0.15, 0.2) is 0 Å². The molecule has 4 nitrogen and oxygen atoms in total. The topological polar surface area (TPSA) is 76.8 Å². The molecule has 0 rings (SSSR count). The third-order valence-electron chi connectivity index (χ3n) is 3.68. The third kappa shape index (κ3) is 9.82. The van der Waals surface area contributed by atoms with Gasteiger partial charge in [-0.25, -0.2) is 0 Å². The van der Waals surface area contributed by atoms with Gasteiger partial charge in [-0.05, 0) is 25.7 Å². The standard InChI is InChI=1S/C16H34N4/c1-3-5-7-9-11-13-15(19-17)16(20-18)14-12-10-8-6-4-2/h3-14,17-18H2,1-2H3/b19-15-,20-16+. The third-order valence-corrected chi connectivity index (χ3v) is 3.68. The van der Waals surface area contributed by atoms with Crippen LogP contribution in [0.1, 0.15) is 90.9 Å². The largest absolute Gasteiger partial charge is 0.323 e. The van der Waals surface area contributed by atoms with Gasteiger partial charge in [-0.2, -0.15) is 10.2 Å². The molecule has 0 aromatic carbocycles. The molecule has 0 aromatic rings. The van der Waals surface area contributed by atoms with Crippen molar-refractivity contribution >= 4 is 11.4 Å². The molecule has 0 aliphatic rings. The summed E-state index contributed by atoms with van der Waals surface area (Å²) in [5.41, 5.74) is 1.80. The Balaban J connectivity index is 3.93. The van der Waals surface area contributed by atoms with Gasteiger partial charge in [0.25, 0.3) is 0 Å². The van der Waals surface area contributed by atoms with E-state index in [1.54, 1.807) is 0 Å². The lowest BCUT2D eigenvalue weighted by atomic mass is 10.0. The van der Waals surface area contributed by atoms with Crippen molar-refractivity contribution < 1.29 is 0 Å². The van der Waals surface area contributed by atoms with Crippen molar-refractivity contribution in [1.82, 2.24) is 0 Å². The zero-order chi connectivity index (χ0) is 15.1. The minimum Gasteiger partial charge on any atom is -0.323 e. The molecule has 0 saturated carbocycles. The number of hydrogen-bond donors (Lipinski definition) is 2. The van der Waals surface area contributed by atoms with Crippen LogP contribution in [0.15, 0.2) is 10.2 Å². The van der Waals surface area contributed by atoms with Gasteiger partial charge in [0.2, 0.25) is 0 Å². The average Bonchev–Trinajstić information content (AvgIpc) is 2.48. The molecule has 0 amide bonds. The maximum absolute atomic E-state index is 5.49. The molecule has 0 aromatic heterocycles. The predicted octanol–water partition coefficient (Wildman–Crippen LogP) is 4.34. The zero-order valence-corrected chi connectivity index (χ0v) is 13.5. The van der Waals surface area contributed by atoms with E-state index < -0.39 is 0 Å². The van der Waals surface area contributed by atoms with Crippen LogP contribution in [0.2, 0.25) is 0 Å². The summed E-state index contributed by atoms with van der Waals surface area (Å²) in [6.07, 6.45) is 14.3. The molecular weight excluding hydrogens is 248 g/mol. The van der Waals surface area contributed by atoms with Gasteiger partial charge in [-0.3, -0.25) is 0 Å². The van der Waals surface area contributed by atoms with E-state index in [4.69, 9.17) is 11.7 Å². The first kappa shape index (κ1) is 18.9. The number of hydrazone groups is 2. The Morgan fingerprint density at radius 1 is 0.600 bits per heavy atom. The summed E-state index contributed by atoms with van der Waals surface area (Å²) in [4.78, 5) is 0. The molecule has 0 spiro atoms. The Morgan fingerprint density at radius 3 is 1.25 bits per heavy atom. The van der Waals surface area contributed by atoms with Crippen LogP contribution >= 0.6 is 0 Å². The molecule has 118 valence electrons. The fourth-order valence-electron chi connectivity index (χ4n) is 2.36. The number of rotatable bonds is 13. The van der Waals surface area contributed by atoms with Gasteiger partial charge < -0.3 is 11.7 Å². The summed E-state index contributed by atoms with van der Waals surface area (Å²) >= 11 is 0. The Morgan fingerprint density at radius 2 is 0.950 bits per heavy atom.